The van der Waals surface area contributed by atoms with E-state index in [9.17, 15) is 9.59 Å². The first-order valence-corrected chi connectivity index (χ1v) is 8.42. The van der Waals surface area contributed by atoms with Gasteiger partial charge in [-0.2, -0.15) is 0 Å². The largest absolute Gasteiger partial charge is 0.469 e. The Morgan fingerprint density at radius 2 is 1.96 bits per heavy atom. The van der Waals surface area contributed by atoms with Crippen LogP contribution in [0, 0.1) is 6.92 Å². The molecule has 1 aromatic carbocycles. The summed E-state index contributed by atoms with van der Waals surface area (Å²) in [5.41, 5.74) is 1.39. The van der Waals surface area contributed by atoms with Gasteiger partial charge >= 0.3 is 5.97 Å². The summed E-state index contributed by atoms with van der Waals surface area (Å²) in [7, 11) is 0. The van der Waals surface area contributed by atoms with Crippen molar-refractivity contribution in [3.63, 3.8) is 0 Å². The van der Waals surface area contributed by atoms with Gasteiger partial charge in [0.1, 0.15) is 11.3 Å². The molecule has 2 heterocycles. The minimum atomic E-state index is -0.544. The summed E-state index contributed by atoms with van der Waals surface area (Å²) in [6.07, 6.45) is 1.42. The van der Waals surface area contributed by atoms with Crippen LogP contribution < -0.4 is 4.90 Å². The van der Waals surface area contributed by atoms with Crippen molar-refractivity contribution in [2.24, 2.45) is 0 Å². The Bertz CT molecular complexity index is 766. The normalized spacial score (nSPS) is 14.5. The van der Waals surface area contributed by atoms with Gasteiger partial charge in [0.05, 0.1) is 6.26 Å². The lowest BCUT2D eigenvalue weighted by Crippen LogP contribution is -2.49. The van der Waals surface area contributed by atoms with Crippen LogP contribution in [0.2, 0.25) is 5.02 Å². The molecule has 0 spiro atoms. The van der Waals surface area contributed by atoms with Crippen LogP contribution in [0.4, 0.5) is 5.69 Å². The number of carbonyl (C=O) groups excluding carboxylic acids is 2. The minimum absolute atomic E-state index is 0.194. The monoisotopic (exact) mass is 362 g/mol. The summed E-state index contributed by atoms with van der Waals surface area (Å²) < 4.78 is 10.1. The van der Waals surface area contributed by atoms with Gasteiger partial charge in [-0.15, -0.1) is 0 Å². The predicted molar refractivity (Wildman–Crippen MR) is 94.0 cm³/mol. The molecule has 0 unspecified atom stereocenters. The van der Waals surface area contributed by atoms with E-state index < -0.39 is 5.97 Å². The van der Waals surface area contributed by atoms with Gasteiger partial charge in [-0.25, -0.2) is 4.79 Å². The topological polar surface area (TPSA) is 63.0 Å². The quantitative estimate of drug-likeness (QED) is 0.782. The standard InChI is InChI=1S/C18H19ClN2O4/c1-13-16(5-10-24-13)18(23)25-12-17(22)21-8-6-20(7-9-21)15-4-2-3-14(19)11-15/h2-5,10-11H,6-9,12H2,1H3. The number of halogens is 1. The molecule has 1 aliphatic heterocycles. The van der Waals surface area contributed by atoms with Crippen molar-refractivity contribution < 1.29 is 18.7 Å². The third-order valence-electron chi connectivity index (χ3n) is 4.21. The van der Waals surface area contributed by atoms with Crippen molar-refractivity contribution in [2.75, 3.05) is 37.7 Å². The zero-order chi connectivity index (χ0) is 17.8. The fourth-order valence-corrected chi connectivity index (χ4v) is 2.96. The summed E-state index contributed by atoms with van der Waals surface area (Å²) in [4.78, 5) is 28.0. The van der Waals surface area contributed by atoms with Crippen LogP contribution in [0.3, 0.4) is 0 Å². The smallest absolute Gasteiger partial charge is 0.342 e. The van der Waals surface area contributed by atoms with Gasteiger partial charge in [-0.1, -0.05) is 17.7 Å². The molecule has 0 atom stereocenters. The maximum Gasteiger partial charge on any atom is 0.342 e. The molecule has 1 saturated heterocycles. The molecule has 0 bridgehead atoms. The number of nitrogens with zero attached hydrogens (tertiary/aromatic N) is 2. The van der Waals surface area contributed by atoms with Gasteiger partial charge in [-0.3, -0.25) is 4.79 Å². The van der Waals surface area contributed by atoms with Crippen LogP contribution in [-0.4, -0.2) is 49.6 Å². The molecule has 1 aliphatic rings. The van der Waals surface area contributed by atoms with Gasteiger partial charge in [-0.05, 0) is 31.2 Å². The zero-order valence-electron chi connectivity index (χ0n) is 13.9. The lowest BCUT2D eigenvalue weighted by atomic mass is 10.2. The zero-order valence-corrected chi connectivity index (χ0v) is 14.7. The van der Waals surface area contributed by atoms with E-state index in [1.807, 2.05) is 24.3 Å². The van der Waals surface area contributed by atoms with Gasteiger partial charge in [0, 0.05) is 36.9 Å². The maximum absolute atomic E-state index is 12.2. The Morgan fingerprint density at radius 3 is 2.60 bits per heavy atom. The second-order valence-electron chi connectivity index (χ2n) is 5.81. The number of amides is 1. The molecule has 1 fully saturated rings. The number of anilines is 1. The molecule has 2 aromatic rings. The molecule has 3 rings (SSSR count). The van der Waals surface area contributed by atoms with E-state index in [1.165, 1.54) is 12.3 Å². The Hall–Kier alpha value is -2.47. The molecule has 1 aromatic heterocycles. The van der Waals surface area contributed by atoms with E-state index in [2.05, 4.69) is 4.90 Å². The van der Waals surface area contributed by atoms with E-state index in [4.69, 9.17) is 20.8 Å². The van der Waals surface area contributed by atoms with Gasteiger partial charge in [0.2, 0.25) is 0 Å². The first-order chi connectivity index (χ1) is 12.0. The molecule has 6 nitrogen and oxygen atoms in total. The van der Waals surface area contributed by atoms with Crippen molar-refractivity contribution >= 4 is 29.2 Å². The van der Waals surface area contributed by atoms with E-state index in [0.29, 0.717) is 42.5 Å². The molecule has 0 N–H and O–H groups in total. The molecule has 0 saturated carbocycles. The number of ether oxygens (including phenoxy) is 1. The van der Waals surface area contributed by atoms with Crippen molar-refractivity contribution in [1.29, 1.82) is 0 Å². The third-order valence-corrected chi connectivity index (χ3v) is 4.45. The van der Waals surface area contributed by atoms with E-state index in [-0.39, 0.29) is 12.5 Å². The molecule has 0 aliphatic carbocycles. The van der Waals surface area contributed by atoms with Crippen LogP contribution in [0.5, 0.6) is 0 Å². The molecule has 132 valence electrons. The number of hydrogen-bond donors (Lipinski definition) is 0. The number of rotatable bonds is 4. The van der Waals surface area contributed by atoms with Crippen LogP contribution in [0.25, 0.3) is 0 Å². The average molecular weight is 363 g/mol. The summed E-state index contributed by atoms with van der Waals surface area (Å²) in [6, 6.07) is 9.19. The van der Waals surface area contributed by atoms with Gasteiger partial charge in [0.25, 0.3) is 5.91 Å². The summed E-state index contributed by atoms with van der Waals surface area (Å²) in [5, 5.41) is 0.692. The number of esters is 1. The predicted octanol–water partition coefficient (Wildman–Crippen LogP) is 2.75. The molecule has 0 radical (unpaired) electrons. The first-order valence-electron chi connectivity index (χ1n) is 8.04. The Labute approximate surface area is 150 Å². The highest BCUT2D eigenvalue weighted by atomic mass is 35.5. The highest BCUT2D eigenvalue weighted by Crippen LogP contribution is 2.20. The van der Waals surface area contributed by atoms with Crippen LogP contribution in [0.1, 0.15) is 16.1 Å². The minimum Gasteiger partial charge on any atom is -0.469 e. The highest BCUT2D eigenvalue weighted by Gasteiger charge is 2.23. The SMILES string of the molecule is Cc1occc1C(=O)OCC(=O)N1CCN(c2cccc(Cl)c2)CC1. The summed E-state index contributed by atoms with van der Waals surface area (Å²) in [6.45, 7) is 3.98. The highest BCUT2D eigenvalue weighted by molar-refractivity contribution is 6.30. The number of benzene rings is 1. The van der Waals surface area contributed by atoms with Crippen molar-refractivity contribution in [2.45, 2.75) is 6.92 Å². The summed E-state index contributed by atoms with van der Waals surface area (Å²) in [5.74, 6) is -0.259. The van der Waals surface area contributed by atoms with E-state index in [0.717, 1.165) is 5.69 Å². The molecular formula is C18H19ClN2O4. The Morgan fingerprint density at radius 1 is 1.20 bits per heavy atom. The number of carbonyl (C=O) groups is 2. The summed E-state index contributed by atoms with van der Waals surface area (Å²) >= 11 is 6.02. The fraction of sp³-hybridized carbons (Fsp3) is 0.333. The van der Waals surface area contributed by atoms with E-state index >= 15 is 0 Å². The van der Waals surface area contributed by atoms with Crippen molar-refractivity contribution in [3.8, 4) is 0 Å². The van der Waals surface area contributed by atoms with Gasteiger partial charge in [0.15, 0.2) is 6.61 Å². The Kier molecular flexibility index (Phi) is 5.28. The number of furan rings is 1. The van der Waals surface area contributed by atoms with Crippen LogP contribution in [0.15, 0.2) is 41.0 Å². The molecule has 1 amide bonds. The third kappa shape index (κ3) is 4.14. The van der Waals surface area contributed by atoms with E-state index in [1.54, 1.807) is 11.8 Å². The fourth-order valence-electron chi connectivity index (χ4n) is 2.78. The van der Waals surface area contributed by atoms with Gasteiger partial charge < -0.3 is 19.0 Å². The Balaban J connectivity index is 1.48. The van der Waals surface area contributed by atoms with Crippen LogP contribution >= 0.6 is 11.6 Å². The first kappa shape index (κ1) is 17.4. The van der Waals surface area contributed by atoms with Crippen molar-refractivity contribution in [3.05, 3.63) is 52.9 Å². The lowest BCUT2D eigenvalue weighted by molar-refractivity contribution is -0.134. The van der Waals surface area contributed by atoms with Crippen LogP contribution in [-0.2, 0) is 9.53 Å². The number of piperazine rings is 1. The molecular weight excluding hydrogens is 344 g/mol. The second kappa shape index (κ2) is 7.61. The second-order valence-corrected chi connectivity index (χ2v) is 6.25. The molecule has 7 heteroatoms. The van der Waals surface area contributed by atoms with Crippen molar-refractivity contribution in [1.82, 2.24) is 4.90 Å². The molecule has 25 heavy (non-hydrogen) atoms. The number of aryl methyl sites for hydroxylation is 1. The number of hydrogen-bond acceptors (Lipinski definition) is 5. The average Bonchev–Trinajstić information content (AvgIpc) is 3.05. The lowest BCUT2D eigenvalue weighted by Gasteiger charge is -2.36. The maximum atomic E-state index is 12.2.